The van der Waals surface area contributed by atoms with Gasteiger partial charge in [-0.1, -0.05) is 6.07 Å². The van der Waals surface area contributed by atoms with Crippen molar-refractivity contribution in [3.63, 3.8) is 0 Å². The first kappa shape index (κ1) is 14.2. The molecule has 0 radical (unpaired) electrons. The molecular weight excluding hydrogens is 242 g/mol. The molecule has 0 aliphatic carbocycles. The molecule has 0 bridgehead atoms. The van der Waals surface area contributed by atoms with E-state index in [-0.39, 0.29) is 13.2 Å². The van der Waals surface area contributed by atoms with Gasteiger partial charge in [-0.3, -0.25) is 4.90 Å². The van der Waals surface area contributed by atoms with Gasteiger partial charge in [0.05, 0.1) is 13.2 Å². The molecule has 1 aromatic heterocycles. The highest BCUT2D eigenvalue weighted by Crippen LogP contribution is 2.16. The molecular formula is C14H23N3O2. The molecule has 0 atom stereocenters. The maximum atomic E-state index is 9.17. The van der Waals surface area contributed by atoms with Crippen LogP contribution >= 0.6 is 0 Å². The molecule has 0 saturated carbocycles. The number of rotatable bonds is 4. The van der Waals surface area contributed by atoms with Crippen molar-refractivity contribution < 1.29 is 10.2 Å². The van der Waals surface area contributed by atoms with Gasteiger partial charge in [-0.15, -0.1) is 0 Å². The third kappa shape index (κ3) is 3.65. The predicted molar refractivity (Wildman–Crippen MR) is 75.3 cm³/mol. The lowest BCUT2D eigenvalue weighted by atomic mass is 10.2. The van der Waals surface area contributed by atoms with Crippen molar-refractivity contribution in [2.45, 2.75) is 20.0 Å². The summed E-state index contributed by atoms with van der Waals surface area (Å²) in [5.41, 5.74) is 1.79. The van der Waals surface area contributed by atoms with E-state index in [4.69, 9.17) is 5.11 Å². The zero-order valence-corrected chi connectivity index (χ0v) is 11.5. The van der Waals surface area contributed by atoms with Gasteiger partial charge in [0, 0.05) is 31.9 Å². The van der Waals surface area contributed by atoms with Gasteiger partial charge in [-0.25, -0.2) is 4.98 Å². The van der Waals surface area contributed by atoms with Crippen LogP contribution in [0.4, 0.5) is 5.82 Å². The van der Waals surface area contributed by atoms with E-state index in [1.165, 1.54) is 0 Å². The first-order valence-corrected chi connectivity index (χ1v) is 6.90. The van der Waals surface area contributed by atoms with Gasteiger partial charge >= 0.3 is 0 Å². The van der Waals surface area contributed by atoms with Crippen molar-refractivity contribution in [2.24, 2.45) is 0 Å². The first-order chi connectivity index (χ1) is 9.24. The average molecular weight is 265 g/mol. The molecule has 1 aliphatic rings. The molecule has 2 heterocycles. The lowest BCUT2D eigenvalue weighted by Crippen LogP contribution is -2.32. The SMILES string of the molecule is Cc1nc(N2CCCN(CCO)CC2)ccc1CO. The summed E-state index contributed by atoms with van der Waals surface area (Å²) in [4.78, 5) is 9.15. The third-order valence-electron chi connectivity index (χ3n) is 3.68. The van der Waals surface area contributed by atoms with Crippen LogP contribution in [0.2, 0.25) is 0 Å². The summed E-state index contributed by atoms with van der Waals surface area (Å²) in [7, 11) is 0. The fourth-order valence-corrected chi connectivity index (χ4v) is 2.48. The second-order valence-electron chi connectivity index (χ2n) is 4.98. The van der Waals surface area contributed by atoms with E-state index in [0.717, 1.165) is 56.2 Å². The van der Waals surface area contributed by atoms with Crippen molar-refractivity contribution in [3.8, 4) is 0 Å². The summed E-state index contributed by atoms with van der Waals surface area (Å²) in [5, 5.41) is 18.2. The molecule has 19 heavy (non-hydrogen) atoms. The molecule has 0 aromatic carbocycles. The minimum absolute atomic E-state index is 0.0450. The Bertz CT molecular complexity index is 412. The van der Waals surface area contributed by atoms with Gasteiger partial charge in [0.15, 0.2) is 0 Å². The monoisotopic (exact) mass is 265 g/mol. The molecule has 1 aromatic rings. The molecule has 0 unspecified atom stereocenters. The number of aromatic nitrogens is 1. The predicted octanol–water partition coefficient (Wildman–Crippen LogP) is 0.387. The van der Waals surface area contributed by atoms with Crippen LogP contribution in [0, 0.1) is 6.92 Å². The summed E-state index contributed by atoms with van der Waals surface area (Å²) < 4.78 is 0. The minimum atomic E-state index is 0.0450. The fourth-order valence-electron chi connectivity index (χ4n) is 2.48. The van der Waals surface area contributed by atoms with Crippen molar-refractivity contribution >= 4 is 5.82 Å². The third-order valence-corrected chi connectivity index (χ3v) is 3.68. The quantitative estimate of drug-likeness (QED) is 0.824. The second-order valence-corrected chi connectivity index (χ2v) is 4.98. The number of hydrogen-bond donors (Lipinski definition) is 2. The van der Waals surface area contributed by atoms with E-state index in [1.54, 1.807) is 0 Å². The highest BCUT2D eigenvalue weighted by Gasteiger charge is 2.16. The highest BCUT2D eigenvalue weighted by atomic mass is 16.3. The Kier molecular flexibility index (Phi) is 5.13. The Morgan fingerprint density at radius 3 is 2.68 bits per heavy atom. The van der Waals surface area contributed by atoms with Gasteiger partial charge in [0.2, 0.25) is 0 Å². The summed E-state index contributed by atoms with van der Waals surface area (Å²) in [6.07, 6.45) is 1.09. The zero-order valence-electron chi connectivity index (χ0n) is 11.5. The number of hydrogen-bond acceptors (Lipinski definition) is 5. The van der Waals surface area contributed by atoms with E-state index >= 15 is 0 Å². The summed E-state index contributed by atoms with van der Waals surface area (Å²) >= 11 is 0. The number of aliphatic hydroxyl groups is 2. The van der Waals surface area contributed by atoms with Crippen LogP contribution in [0.3, 0.4) is 0 Å². The lowest BCUT2D eigenvalue weighted by Gasteiger charge is -2.23. The minimum Gasteiger partial charge on any atom is -0.395 e. The average Bonchev–Trinajstić information content (AvgIpc) is 2.65. The van der Waals surface area contributed by atoms with Crippen LogP contribution in [-0.4, -0.2) is 59.4 Å². The number of anilines is 1. The van der Waals surface area contributed by atoms with Crippen molar-refractivity contribution in [1.29, 1.82) is 0 Å². The summed E-state index contributed by atoms with van der Waals surface area (Å²) in [6, 6.07) is 3.94. The van der Waals surface area contributed by atoms with Crippen LogP contribution in [0.1, 0.15) is 17.7 Å². The Labute approximate surface area is 114 Å². The van der Waals surface area contributed by atoms with Gasteiger partial charge in [-0.05, 0) is 31.5 Å². The second kappa shape index (κ2) is 6.84. The van der Waals surface area contributed by atoms with Crippen LogP contribution in [-0.2, 0) is 6.61 Å². The van der Waals surface area contributed by atoms with Gasteiger partial charge in [0.25, 0.3) is 0 Å². The molecule has 106 valence electrons. The first-order valence-electron chi connectivity index (χ1n) is 6.90. The maximum absolute atomic E-state index is 9.17. The Balaban J connectivity index is 2.03. The van der Waals surface area contributed by atoms with E-state index in [9.17, 15) is 5.11 Å². The molecule has 2 N–H and O–H groups in total. The molecule has 1 saturated heterocycles. The Morgan fingerprint density at radius 1 is 1.16 bits per heavy atom. The van der Waals surface area contributed by atoms with E-state index in [1.807, 2.05) is 19.1 Å². The summed E-state index contributed by atoms with van der Waals surface area (Å²) in [5.74, 6) is 0.987. The fraction of sp³-hybridized carbons (Fsp3) is 0.643. The number of pyridine rings is 1. The van der Waals surface area contributed by atoms with Crippen LogP contribution in [0.5, 0.6) is 0 Å². The van der Waals surface area contributed by atoms with E-state index < -0.39 is 0 Å². The molecule has 2 rings (SSSR count). The lowest BCUT2D eigenvalue weighted by molar-refractivity contribution is 0.204. The molecule has 5 heteroatoms. The normalized spacial score (nSPS) is 17.5. The van der Waals surface area contributed by atoms with Crippen LogP contribution in [0.25, 0.3) is 0 Å². The number of aryl methyl sites for hydroxylation is 1. The molecule has 1 fully saturated rings. The largest absolute Gasteiger partial charge is 0.395 e. The number of aliphatic hydroxyl groups excluding tert-OH is 2. The van der Waals surface area contributed by atoms with E-state index in [0.29, 0.717) is 0 Å². The van der Waals surface area contributed by atoms with Crippen LogP contribution in [0.15, 0.2) is 12.1 Å². The standard InChI is InChI=1S/C14H23N3O2/c1-12-13(11-19)3-4-14(15-12)17-6-2-5-16(7-8-17)9-10-18/h3-4,18-19H,2,5-11H2,1H3. The smallest absolute Gasteiger partial charge is 0.128 e. The van der Waals surface area contributed by atoms with Crippen LogP contribution < -0.4 is 4.90 Å². The van der Waals surface area contributed by atoms with Gasteiger partial charge in [0.1, 0.15) is 5.82 Å². The maximum Gasteiger partial charge on any atom is 0.128 e. The summed E-state index contributed by atoms with van der Waals surface area (Å²) in [6.45, 7) is 6.88. The highest BCUT2D eigenvalue weighted by molar-refractivity contribution is 5.41. The zero-order chi connectivity index (χ0) is 13.7. The topological polar surface area (TPSA) is 59.8 Å². The Hall–Kier alpha value is -1.17. The molecule has 0 amide bonds. The van der Waals surface area contributed by atoms with Gasteiger partial charge in [-0.2, -0.15) is 0 Å². The van der Waals surface area contributed by atoms with Gasteiger partial charge < -0.3 is 15.1 Å². The number of β-amino-alcohol motifs (C(OH)–C–C–N with tert-alkyl or cyclic N) is 1. The van der Waals surface area contributed by atoms with Crippen molar-refractivity contribution in [1.82, 2.24) is 9.88 Å². The van der Waals surface area contributed by atoms with Crippen molar-refractivity contribution in [2.75, 3.05) is 44.2 Å². The molecule has 0 spiro atoms. The van der Waals surface area contributed by atoms with Crippen molar-refractivity contribution in [3.05, 3.63) is 23.4 Å². The number of nitrogens with zero attached hydrogens (tertiary/aromatic N) is 3. The van der Waals surface area contributed by atoms with E-state index in [2.05, 4.69) is 14.8 Å². The molecule has 5 nitrogen and oxygen atoms in total. The Morgan fingerprint density at radius 2 is 2.00 bits per heavy atom. The molecule has 1 aliphatic heterocycles.